The van der Waals surface area contributed by atoms with Gasteiger partial charge in [0, 0.05) is 11.6 Å². The summed E-state index contributed by atoms with van der Waals surface area (Å²) in [6.45, 7) is 1.58. The molecule has 1 aromatic heterocycles. The molecular weight excluding hydrogens is 414 g/mol. The fourth-order valence-corrected chi connectivity index (χ4v) is 2.79. The predicted molar refractivity (Wildman–Crippen MR) is 122 cm³/mol. The van der Waals surface area contributed by atoms with Crippen LogP contribution in [0.2, 0.25) is 0 Å². The van der Waals surface area contributed by atoms with Gasteiger partial charge in [0.25, 0.3) is 5.91 Å². The standard InChI is InChI=1S/C23H21N3O4S/c1-16-11-12-18(30-16)13-14-21(27)24-23(31)26-25-22(28)15-29-20-10-6-5-9-19(20)17-7-3-2-4-8-17/h2-14H,15H2,1H3,(H,25,28)(H2,24,26,27,31). The van der Waals surface area contributed by atoms with E-state index in [-0.39, 0.29) is 11.7 Å². The van der Waals surface area contributed by atoms with Crippen LogP contribution in [0.5, 0.6) is 5.75 Å². The molecule has 2 amide bonds. The number of aryl methyl sites for hydroxylation is 1. The van der Waals surface area contributed by atoms with Crippen molar-refractivity contribution in [1.29, 1.82) is 0 Å². The number of rotatable bonds is 6. The molecular formula is C23H21N3O4S. The lowest BCUT2D eigenvalue weighted by Crippen LogP contribution is -2.49. The van der Waals surface area contributed by atoms with Crippen molar-refractivity contribution < 1.29 is 18.7 Å². The second-order valence-electron chi connectivity index (χ2n) is 6.42. The van der Waals surface area contributed by atoms with Crippen LogP contribution in [0.1, 0.15) is 11.5 Å². The molecule has 0 atom stereocenters. The number of para-hydroxylation sites is 1. The molecule has 0 radical (unpaired) electrons. The molecule has 0 saturated heterocycles. The van der Waals surface area contributed by atoms with E-state index in [0.29, 0.717) is 11.5 Å². The second-order valence-corrected chi connectivity index (χ2v) is 6.83. The fourth-order valence-electron chi connectivity index (χ4n) is 2.64. The first-order valence-corrected chi connectivity index (χ1v) is 9.83. The van der Waals surface area contributed by atoms with Gasteiger partial charge in [-0.05, 0) is 49.0 Å². The highest BCUT2D eigenvalue weighted by molar-refractivity contribution is 7.80. The van der Waals surface area contributed by atoms with E-state index in [1.165, 1.54) is 12.2 Å². The summed E-state index contributed by atoms with van der Waals surface area (Å²) in [5.41, 5.74) is 6.71. The number of benzene rings is 2. The average molecular weight is 436 g/mol. The molecule has 7 nitrogen and oxygen atoms in total. The van der Waals surface area contributed by atoms with Gasteiger partial charge in [0.05, 0.1) is 0 Å². The number of amides is 2. The smallest absolute Gasteiger partial charge is 0.276 e. The van der Waals surface area contributed by atoms with Gasteiger partial charge >= 0.3 is 0 Å². The Bertz CT molecular complexity index is 1090. The van der Waals surface area contributed by atoms with Crippen molar-refractivity contribution in [3.8, 4) is 16.9 Å². The quantitative estimate of drug-likeness (QED) is 0.312. The van der Waals surface area contributed by atoms with Crippen LogP contribution in [0.25, 0.3) is 17.2 Å². The minimum Gasteiger partial charge on any atom is -0.483 e. The summed E-state index contributed by atoms with van der Waals surface area (Å²) >= 11 is 4.99. The van der Waals surface area contributed by atoms with Crippen molar-refractivity contribution in [1.82, 2.24) is 16.2 Å². The molecule has 0 saturated carbocycles. The van der Waals surface area contributed by atoms with Crippen molar-refractivity contribution in [3.63, 3.8) is 0 Å². The van der Waals surface area contributed by atoms with Crippen LogP contribution in [0.4, 0.5) is 0 Å². The lowest BCUT2D eigenvalue weighted by atomic mass is 10.1. The van der Waals surface area contributed by atoms with Crippen LogP contribution in [-0.4, -0.2) is 23.5 Å². The minimum absolute atomic E-state index is 0.0525. The number of carbonyl (C=O) groups excluding carboxylic acids is 2. The van der Waals surface area contributed by atoms with Gasteiger partial charge < -0.3 is 9.15 Å². The largest absolute Gasteiger partial charge is 0.483 e. The highest BCUT2D eigenvalue weighted by Crippen LogP contribution is 2.29. The minimum atomic E-state index is -0.464. The van der Waals surface area contributed by atoms with Crippen molar-refractivity contribution in [3.05, 3.63) is 84.3 Å². The molecule has 8 heteroatoms. The summed E-state index contributed by atoms with van der Waals surface area (Å²) in [4.78, 5) is 23.9. The molecule has 3 N–H and O–H groups in total. The number of thiocarbonyl (C=S) groups is 1. The Morgan fingerprint density at radius 3 is 2.48 bits per heavy atom. The van der Waals surface area contributed by atoms with Gasteiger partial charge in [-0.2, -0.15) is 0 Å². The molecule has 2 aromatic carbocycles. The zero-order chi connectivity index (χ0) is 22.1. The van der Waals surface area contributed by atoms with Crippen molar-refractivity contribution in [2.24, 2.45) is 0 Å². The Morgan fingerprint density at radius 1 is 1.00 bits per heavy atom. The van der Waals surface area contributed by atoms with Crippen molar-refractivity contribution in [2.75, 3.05) is 6.61 Å². The molecule has 0 spiro atoms. The molecule has 0 unspecified atom stereocenters. The van der Waals surface area contributed by atoms with Crippen LogP contribution in [0.15, 0.2) is 77.2 Å². The number of ether oxygens (including phenoxy) is 1. The summed E-state index contributed by atoms with van der Waals surface area (Å²) in [5.74, 6) is 0.953. The van der Waals surface area contributed by atoms with Crippen LogP contribution < -0.4 is 20.9 Å². The predicted octanol–water partition coefficient (Wildman–Crippen LogP) is 3.37. The summed E-state index contributed by atoms with van der Waals surface area (Å²) in [6, 6.07) is 20.7. The molecule has 158 valence electrons. The van der Waals surface area contributed by atoms with Gasteiger partial charge in [-0.1, -0.05) is 48.5 Å². The number of hydrazine groups is 1. The van der Waals surface area contributed by atoms with E-state index in [4.69, 9.17) is 21.4 Å². The van der Waals surface area contributed by atoms with Gasteiger partial charge in [0.15, 0.2) is 11.7 Å². The monoisotopic (exact) mass is 435 g/mol. The molecule has 31 heavy (non-hydrogen) atoms. The first kappa shape index (κ1) is 21.8. The molecule has 3 rings (SSSR count). The maximum absolute atomic E-state index is 12.1. The van der Waals surface area contributed by atoms with Crippen molar-refractivity contribution >= 4 is 35.2 Å². The highest BCUT2D eigenvalue weighted by atomic mass is 32.1. The summed E-state index contributed by atoms with van der Waals surface area (Å²) in [7, 11) is 0. The fraction of sp³-hybridized carbons (Fsp3) is 0.0870. The molecule has 0 bridgehead atoms. The number of hydrogen-bond donors (Lipinski definition) is 3. The topological polar surface area (TPSA) is 92.6 Å². The first-order valence-electron chi connectivity index (χ1n) is 9.43. The van der Waals surface area contributed by atoms with Crippen LogP contribution in [-0.2, 0) is 9.59 Å². The van der Waals surface area contributed by atoms with Gasteiger partial charge in [0.2, 0.25) is 5.91 Å². The molecule has 3 aromatic rings. The molecule has 0 aliphatic heterocycles. The third-order valence-corrected chi connectivity index (χ3v) is 4.25. The van der Waals surface area contributed by atoms with Crippen LogP contribution in [0, 0.1) is 6.92 Å². The zero-order valence-electron chi connectivity index (χ0n) is 16.8. The van der Waals surface area contributed by atoms with Gasteiger partial charge in [-0.3, -0.25) is 25.8 Å². The number of furan rings is 1. The summed E-state index contributed by atoms with van der Waals surface area (Å²) in [6.07, 6.45) is 2.79. The lowest BCUT2D eigenvalue weighted by molar-refractivity contribution is -0.123. The first-order chi connectivity index (χ1) is 15.0. The van der Waals surface area contributed by atoms with Crippen LogP contribution in [0.3, 0.4) is 0 Å². The van der Waals surface area contributed by atoms with Crippen LogP contribution >= 0.6 is 12.2 Å². The Balaban J connectivity index is 1.44. The maximum atomic E-state index is 12.1. The van der Waals surface area contributed by atoms with E-state index in [9.17, 15) is 9.59 Å². The number of hydrogen-bond acceptors (Lipinski definition) is 5. The average Bonchev–Trinajstić information content (AvgIpc) is 3.21. The third kappa shape index (κ3) is 6.83. The van der Waals surface area contributed by atoms with E-state index in [0.717, 1.165) is 16.9 Å². The molecule has 0 aliphatic rings. The van der Waals surface area contributed by atoms with E-state index in [1.807, 2.05) is 55.5 Å². The summed E-state index contributed by atoms with van der Waals surface area (Å²) in [5, 5.41) is 2.36. The lowest BCUT2D eigenvalue weighted by Gasteiger charge is -2.13. The normalized spacial score (nSPS) is 10.5. The number of nitrogens with one attached hydrogen (secondary N) is 3. The van der Waals surface area contributed by atoms with E-state index in [1.54, 1.807) is 18.2 Å². The van der Waals surface area contributed by atoms with Crippen molar-refractivity contribution in [2.45, 2.75) is 6.92 Å². The second kappa shape index (κ2) is 10.7. The Kier molecular flexibility index (Phi) is 7.56. The van der Waals surface area contributed by atoms with Gasteiger partial charge in [0.1, 0.15) is 17.3 Å². The molecule has 0 fully saturated rings. The van der Waals surface area contributed by atoms with E-state index in [2.05, 4.69) is 16.2 Å². The SMILES string of the molecule is Cc1ccc(C=CC(=O)NC(=S)NNC(=O)COc2ccccc2-c2ccccc2)o1. The maximum Gasteiger partial charge on any atom is 0.276 e. The zero-order valence-corrected chi connectivity index (χ0v) is 17.6. The van der Waals surface area contributed by atoms with E-state index < -0.39 is 11.8 Å². The Hall–Kier alpha value is -3.91. The van der Waals surface area contributed by atoms with E-state index >= 15 is 0 Å². The number of carbonyl (C=O) groups is 2. The Labute approximate surface area is 185 Å². The van der Waals surface area contributed by atoms with Gasteiger partial charge in [-0.25, -0.2) is 0 Å². The van der Waals surface area contributed by atoms with Gasteiger partial charge in [-0.15, -0.1) is 0 Å². The Morgan fingerprint density at radius 2 is 1.74 bits per heavy atom. The summed E-state index contributed by atoms with van der Waals surface area (Å²) < 4.78 is 11.0. The molecule has 0 aliphatic carbocycles. The highest BCUT2D eigenvalue weighted by Gasteiger charge is 2.09. The molecule has 1 heterocycles. The third-order valence-electron chi connectivity index (χ3n) is 4.04.